The highest BCUT2D eigenvalue weighted by molar-refractivity contribution is 14.1. The van der Waals surface area contributed by atoms with Crippen LogP contribution in [0.25, 0.3) is 3.58 Å². The van der Waals surface area contributed by atoms with E-state index in [4.69, 9.17) is 5.26 Å². The van der Waals surface area contributed by atoms with Crippen molar-refractivity contribution in [1.29, 1.82) is 5.26 Å². The second-order valence-corrected chi connectivity index (χ2v) is 5.28. The van der Waals surface area contributed by atoms with Crippen LogP contribution in [0.5, 0.6) is 0 Å². The van der Waals surface area contributed by atoms with Crippen LogP contribution in [0.1, 0.15) is 25.8 Å². The lowest BCUT2D eigenvalue weighted by Crippen LogP contribution is -2.05. The summed E-state index contributed by atoms with van der Waals surface area (Å²) in [5.41, 5.74) is 0.942. The maximum atomic E-state index is 8.90. The Balaban J connectivity index is 2.75. The third-order valence-electron chi connectivity index (χ3n) is 2.14. The van der Waals surface area contributed by atoms with Crippen LogP contribution < -0.4 is 0 Å². The number of nitriles is 1. The van der Waals surface area contributed by atoms with Gasteiger partial charge in [-0.05, 0) is 48.4 Å². The second-order valence-electron chi connectivity index (χ2n) is 4.12. The van der Waals surface area contributed by atoms with Crippen LogP contribution in [-0.2, 0) is 0 Å². The van der Waals surface area contributed by atoms with Crippen LogP contribution in [0, 0.1) is 16.7 Å². The third-order valence-corrected chi connectivity index (χ3v) is 3.21. The Morgan fingerprint density at radius 1 is 1.40 bits per heavy atom. The molecule has 0 aliphatic carbocycles. The number of halogens is 1. The van der Waals surface area contributed by atoms with Crippen molar-refractivity contribution in [3.05, 3.63) is 42.0 Å². The molecule has 0 heterocycles. The van der Waals surface area contributed by atoms with E-state index in [-0.39, 0.29) is 5.41 Å². The molecule has 0 aliphatic rings. The molecule has 1 rings (SSSR count). The molecule has 0 aliphatic heterocycles. The van der Waals surface area contributed by atoms with Crippen molar-refractivity contribution < 1.29 is 0 Å². The molecule has 2 heteroatoms. The van der Waals surface area contributed by atoms with Crippen molar-refractivity contribution >= 4 is 26.2 Å². The van der Waals surface area contributed by atoms with Crippen LogP contribution in [0.3, 0.4) is 0 Å². The minimum atomic E-state index is -0.273. The van der Waals surface area contributed by atoms with Gasteiger partial charge in [-0.2, -0.15) is 5.26 Å². The minimum Gasteiger partial charge on any atom is -0.198 e. The molecule has 0 fully saturated rings. The fraction of sp³-hybridized carbons (Fsp3) is 0.308. The summed E-state index contributed by atoms with van der Waals surface area (Å²) in [6.45, 7) is 3.91. The van der Waals surface area contributed by atoms with E-state index in [1.165, 1.54) is 9.14 Å². The van der Waals surface area contributed by atoms with Gasteiger partial charge in [0.15, 0.2) is 0 Å². The first-order chi connectivity index (χ1) is 7.05. The molecular formula is C13H14IN. The SMILES string of the molecule is CC(C)(C#N)C/C=C(\I)c1ccccc1. The number of hydrogen-bond acceptors (Lipinski definition) is 1. The summed E-state index contributed by atoms with van der Waals surface area (Å²) in [4.78, 5) is 0. The molecule has 0 radical (unpaired) electrons. The molecule has 0 bridgehead atoms. The first kappa shape index (κ1) is 12.3. The topological polar surface area (TPSA) is 23.8 Å². The highest BCUT2D eigenvalue weighted by atomic mass is 127. The standard InChI is InChI=1S/C13H14IN/c1-13(2,10-15)9-8-12(14)11-6-4-3-5-7-11/h3-8H,9H2,1-2H3/b12-8-. The summed E-state index contributed by atoms with van der Waals surface area (Å²) < 4.78 is 1.21. The summed E-state index contributed by atoms with van der Waals surface area (Å²) in [5.74, 6) is 0. The Kier molecular flexibility index (Phi) is 4.34. The highest BCUT2D eigenvalue weighted by Gasteiger charge is 2.14. The predicted molar refractivity (Wildman–Crippen MR) is 72.5 cm³/mol. The smallest absolute Gasteiger partial charge is 0.0687 e. The number of hydrogen-bond donors (Lipinski definition) is 0. The van der Waals surface area contributed by atoms with E-state index >= 15 is 0 Å². The van der Waals surface area contributed by atoms with Gasteiger partial charge in [-0.1, -0.05) is 36.4 Å². The molecule has 1 aromatic rings. The number of nitrogens with zero attached hydrogens (tertiary/aromatic N) is 1. The molecule has 0 aromatic heterocycles. The van der Waals surface area contributed by atoms with Crippen molar-refractivity contribution in [2.75, 3.05) is 0 Å². The summed E-state index contributed by atoms with van der Waals surface area (Å²) >= 11 is 2.32. The van der Waals surface area contributed by atoms with Gasteiger partial charge in [-0.15, -0.1) is 0 Å². The van der Waals surface area contributed by atoms with Crippen molar-refractivity contribution in [1.82, 2.24) is 0 Å². The van der Waals surface area contributed by atoms with E-state index in [2.05, 4.69) is 46.9 Å². The second kappa shape index (κ2) is 5.32. The van der Waals surface area contributed by atoms with Gasteiger partial charge in [0.25, 0.3) is 0 Å². The molecule has 1 aromatic carbocycles. The van der Waals surface area contributed by atoms with Crippen molar-refractivity contribution in [3.8, 4) is 6.07 Å². The molecule has 0 saturated carbocycles. The van der Waals surface area contributed by atoms with Crippen molar-refractivity contribution in [3.63, 3.8) is 0 Å². The summed E-state index contributed by atoms with van der Waals surface area (Å²) in [5, 5.41) is 8.90. The Hall–Kier alpha value is -0.820. The lowest BCUT2D eigenvalue weighted by atomic mass is 9.91. The third kappa shape index (κ3) is 4.05. The summed E-state index contributed by atoms with van der Waals surface area (Å²) in [6, 6.07) is 12.5. The van der Waals surface area contributed by atoms with Crippen LogP contribution in [0.2, 0.25) is 0 Å². The molecular weight excluding hydrogens is 297 g/mol. The van der Waals surface area contributed by atoms with Crippen molar-refractivity contribution in [2.45, 2.75) is 20.3 Å². The van der Waals surface area contributed by atoms with Gasteiger partial charge in [0, 0.05) is 3.58 Å². The Bertz CT molecular complexity index is 385. The van der Waals surface area contributed by atoms with Crippen LogP contribution in [0.4, 0.5) is 0 Å². The van der Waals surface area contributed by atoms with Gasteiger partial charge in [0.05, 0.1) is 11.5 Å². The fourth-order valence-corrected chi connectivity index (χ4v) is 1.69. The Morgan fingerprint density at radius 2 is 2.00 bits per heavy atom. The predicted octanol–water partition coefficient (Wildman–Crippen LogP) is 4.40. The van der Waals surface area contributed by atoms with Crippen molar-refractivity contribution in [2.24, 2.45) is 5.41 Å². The quantitative estimate of drug-likeness (QED) is 0.759. The van der Waals surface area contributed by atoms with Gasteiger partial charge in [0.1, 0.15) is 0 Å². The Labute approximate surface area is 105 Å². The molecule has 0 N–H and O–H groups in total. The fourth-order valence-electron chi connectivity index (χ4n) is 1.11. The molecule has 0 amide bonds. The monoisotopic (exact) mass is 311 g/mol. The largest absolute Gasteiger partial charge is 0.198 e. The lowest BCUT2D eigenvalue weighted by molar-refractivity contribution is 0.506. The Morgan fingerprint density at radius 3 is 2.53 bits per heavy atom. The number of allylic oxidation sites excluding steroid dienone is 1. The van der Waals surface area contributed by atoms with E-state index in [0.29, 0.717) is 0 Å². The number of benzene rings is 1. The molecule has 78 valence electrons. The molecule has 15 heavy (non-hydrogen) atoms. The van der Waals surface area contributed by atoms with Gasteiger partial charge in [-0.3, -0.25) is 0 Å². The van der Waals surface area contributed by atoms with Crippen LogP contribution in [-0.4, -0.2) is 0 Å². The van der Waals surface area contributed by atoms with E-state index in [0.717, 1.165) is 6.42 Å². The summed E-state index contributed by atoms with van der Waals surface area (Å²) in [7, 11) is 0. The molecule has 0 spiro atoms. The molecule has 0 unspecified atom stereocenters. The van der Waals surface area contributed by atoms with E-state index in [1.807, 2.05) is 32.0 Å². The maximum absolute atomic E-state index is 8.90. The van der Waals surface area contributed by atoms with E-state index in [1.54, 1.807) is 0 Å². The molecule has 1 nitrogen and oxygen atoms in total. The number of rotatable bonds is 3. The normalized spacial score (nSPS) is 12.3. The van der Waals surface area contributed by atoms with Gasteiger partial charge >= 0.3 is 0 Å². The van der Waals surface area contributed by atoms with Crippen LogP contribution in [0.15, 0.2) is 36.4 Å². The average molecular weight is 311 g/mol. The minimum absolute atomic E-state index is 0.273. The zero-order chi connectivity index (χ0) is 11.3. The van der Waals surface area contributed by atoms with Gasteiger partial charge in [-0.25, -0.2) is 0 Å². The average Bonchev–Trinajstić information content (AvgIpc) is 2.27. The van der Waals surface area contributed by atoms with E-state index in [9.17, 15) is 0 Å². The van der Waals surface area contributed by atoms with Gasteiger partial charge < -0.3 is 0 Å². The molecule has 0 saturated heterocycles. The van der Waals surface area contributed by atoms with E-state index < -0.39 is 0 Å². The lowest BCUT2D eigenvalue weighted by Gasteiger charge is -2.11. The maximum Gasteiger partial charge on any atom is 0.0687 e. The zero-order valence-corrected chi connectivity index (χ0v) is 11.2. The highest BCUT2D eigenvalue weighted by Crippen LogP contribution is 2.26. The van der Waals surface area contributed by atoms with Crippen LogP contribution >= 0.6 is 22.6 Å². The zero-order valence-electron chi connectivity index (χ0n) is 9.00. The summed E-state index contributed by atoms with van der Waals surface area (Å²) in [6.07, 6.45) is 2.91. The first-order valence-corrected chi connectivity index (χ1v) is 5.95. The molecule has 0 atom stereocenters. The first-order valence-electron chi connectivity index (χ1n) is 4.87. The van der Waals surface area contributed by atoms with Gasteiger partial charge in [0.2, 0.25) is 0 Å².